The van der Waals surface area contributed by atoms with Crippen molar-refractivity contribution in [1.82, 2.24) is 19.6 Å². The smallest absolute Gasteiger partial charge is 0.272 e. The summed E-state index contributed by atoms with van der Waals surface area (Å²) in [6.07, 6.45) is 1.53. The van der Waals surface area contributed by atoms with Gasteiger partial charge in [-0.1, -0.05) is 13.0 Å². The monoisotopic (exact) mass is 395 g/mol. The summed E-state index contributed by atoms with van der Waals surface area (Å²) in [6, 6.07) is 11.3. The van der Waals surface area contributed by atoms with Crippen LogP contribution in [0.3, 0.4) is 0 Å². The highest BCUT2D eigenvalue weighted by Crippen LogP contribution is 2.25. The lowest BCUT2D eigenvalue weighted by Gasteiger charge is -2.34. The van der Waals surface area contributed by atoms with Gasteiger partial charge in [0.15, 0.2) is 5.76 Å². The van der Waals surface area contributed by atoms with E-state index in [9.17, 15) is 14.9 Å². The summed E-state index contributed by atoms with van der Waals surface area (Å²) in [7, 11) is 0. The summed E-state index contributed by atoms with van der Waals surface area (Å²) >= 11 is 0. The molecule has 1 aromatic carbocycles. The number of likely N-dealkylation sites (N-methyl/N-ethyl adjacent to an activating group) is 1. The van der Waals surface area contributed by atoms with Crippen LogP contribution in [0.2, 0.25) is 0 Å². The Morgan fingerprint density at radius 3 is 2.62 bits per heavy atom. The van der Waals surface area contributed by atoms with Crippen LogP contribution in [-0.2, 0) is 0 Å². The van der Waals surface area contributed by atoms with E-state index >= 15 is 0 Å². The van der Waals surface area contributed by atoms with E-state index in [1.54, 1.807) is 35.2 Å². The molecule has 150 valence electrons. The summed E-state index contributed by atoms with van der Waals surface area (Å²) in [5.74, 6) is 0.372. The average Bonchev–Trinajstić information content (AvgIpc) is 3.43. The van der Waals surface area contributed by atoms with E-state index in [-0.39, 0.29) is 11.6 Å². The molecule has 0 bridgehead atoms. The van der Waals surface area contributed by atoms with Crippen LogP contribution in [0.1, 0.15) is 17.4 Å². The van der Waals surface area contributed by atoms with Crippen molar-refractivity contribution in [2.45, 2.75) is 6.92 Å². The number of aromatic nitrogens is 2. The molecule has 9 heteroatoms. The minimum Gasteiger partial charge on any atom is -0.463 e. The normalized spacial score (nSPS) is 14.9. The van der Waals surface area contributed by atoms with Crippen molar-refractivity contribution in [3.63, 3.8) is 0 Å². The molecule has 29 heavy (non-hydrogen) atoms. The second-order valence-corrected chi connectivity index (χ2v) is 6.81. The SMILES string of the molecule is CCN1CCN(C(=O)c2cc(-c3ccco3)nn2-c2cccc([N+](=O)[O-])c2)CC1. The Bertz CT molecular complexity index is 1020. The second kappa shape index (κ2) is 7.88. The molecule has 1 fully saturated rings. The number of carbonyl (C=O) groups is 1. The van der Waals surface area contributed by atoms with Gasteiger partial charge in [-0.15, -0.1) is 0 Å². The number of nitrogens with zero attached hydrogens (tertiary/aromatic N) is 5. The van der Waals surface area contributed by atoms with E-state index in [1.165, 1.54) is 23.1 Å². The lowest BCUT2D eigenvalue weighted by molar-refractivity contribution is -0.384. The average molecular weight is 395 g/mol. The number of nitro benzene ring substituents is 1. The topological polar surface area (TPSA) is 97.7 Å². The molecular formula is C20H21N5O4. The van der Waals surface area contributed by atoms with Crippen molar-refractivity contribution in [1.29, 1.82) is 0 Å². The molecule has 1 aliphatic heterocycles. The molecular weight excluding hydrogens is 374 g/mol. The molecule has 0 aliphatic carbocycles. The second-order valence-electron chi connectivity index (χ2n) is 6.81. The van der Waals surface area contributed by atoms with E-state index in [4.69, 9.17) is 4.42 Å². The van der Waals surface area contributed by atoms with Gasteiger partial charge in [-0.3, -0.25) is 14.9 Å². The van der Waals surface area contributed by atoms with E-state index in [1.807, 2.05) is 0 Å². The molecule has 1 saturated heterocycles. The van der Waals surface area contributed by atoms with Crippen LogP contribution in [0.5, 0.6) is 0 Å². The molecule has 3 heterocycles. The van der Waals surface area contributed by atoms with Crippen LogP contribution in [0, 0.1) is 10.1 Å². The highest BCUT2D eigenvalue weighted by molar-refractivity contribution is 5.94. The fraction of sp³-hybridized carbons (Fsp3) is 0.300. The molecule has 0 saturated carbocycles. The lowest BCUT2D eigenvalue weighted by Crippen LogP contribution is -2.48. The molecule has 2 aromatic heterocycles. The third kappa shape index (κ3) is 3.77. The number of benzene rings is 1. The Labute approximate surface area is 167 Å². The highest BCUT2D eigenvalue weighted by Gasteiger charge is 2.26. The van der Waals surface area contributed by atoms with E-state index < -0.39 is 4.92 Å². The van der Waals surface area contributed by atoms with Gasteiger partial charge in [0.05, 0.1) is 16.9 Å². The summed E-state index contributed by atoms with van der Waals surface area (Å²) in [5, 5.41) is 15.7. The van der Waals surface area contributed by atoms with Crippen molar-refractivity contribution in [3.05, 3.63) is 64.5 Å². The predicted molar refractivity (Wildman–Crippen MR) is 106 cm³/mol. The Morgan fingerprint density at radius 1 is 1.17 bits per heavy atom. The Morgan fingerprint density at radius 2 is 1.97 bits per heavy atom. The number of hydrogen-bond donors (Lipinski definition) is 0. The minimum atomic E-state index is -0.466. The summed E-state index contributed by atoms with van der Waals surface area (Å²) in [4.78, 5) is 28.1. The first-order valence-corrected chi connectivity index (χ1v) is 9.47. The van der Waals surface area contributed by atoms with Gasteiger partial charge in [0, 0.05) is 44.4 Å². The first-order chi connectivity index (χ1) is 14.1. The zero-order valence-electron chi connectivity index (χ0n) is 16.0. The number of piperazine rings is 1. The van der Waals surface area contributed by atoms with Gasteiger partial charge in [0.2, 0.25) is 0 Å². The van der Waals surface area contributed by atoms with E-state index in [0.29, 0.717) is 35.9 Å². The first kappa shape index (κ1) is 18.9. The standard InChI is InChI=1S/C20H21N5O4/c1-2-22-8-10-23(11-9-22)20(26)18-14-17(19-7-4-12-29-19)21-24(18)15-5-3-6-16(13-15)25(27)28/h3-7,12-14H,2,8-11H2,1H3. The fourth-order valence-corrected chi connectivity index (χ4v) is 3.44. The zero-order chi connectivity index (χ0) is 20.4. The zero-order valence-corrected chi connectivity index (χ0v) is 16.0. The van der Waals surface area contributed by atoms with Crippen molar-refractivity contribution < 1.29 is 14.1 Å². The first-order valence-electron chi connectivity index (χ1n) is 9.47. The summed E-state index contributed by atoms with van der Waals surface area (Å²) < 4.78 is 6.88. The number of carbonyl (C=O) groups excluding carboxylic acids is 1. The molecule has 0 unspecified atom stereocenters. The molecule has 4 rings (SSSR count). The molecule has 1 aliphatic rings. The van der Waals surface area contributed by atoms with Gasteiger partial charge in [-0.2, -0.15) is 5.10 Å². The molecule has 0 spiro atoms. The van der Waals surface area contributed by atoms with Crippen LogP contribution in [0.25, 0.3) is 17.1 Å². The van der Waals surface area contributed by atoms with Gasteiger partial charge in [0.1, 0.15) is 11.4 Å². The van der Waals surface area contributed by atoms with Gasteiger partial charge in [-0.05, 0) is 24.7 Å². The van der Waals surface area contributed by atoms with Gasteiger partial charge in [-0.25, -0.2) is 4.68 Å². The Balaban J connectivity index is 1.73. The van der Waals surface area contributed by atoms with Crippen LogP contribution < -0.4 is 0 Å². The van der Waals surface area contributed by atoms with Crippen molar-refractivity contribution in [2.75, 3.05) is 32.7 Å². The molecule has 1 amide bonds. The number of rotatable bonds is 5. The predicted octanol–water partition coefficient (Wildman–Crippen LogP) is 2.82. The third-order valence-corrected chi connectivity index (χ3v) is 5.09. The summed E-state index contributed by atoms with van der Waals surface area (Å²) in [5.41, 5.74) is 1.24. The van der Waals surface area contributed by atoms with Crippen LogP contribution in [0.4, 0.5) is 5.69 Å². The van der Waals surface area contributed by atoms with Crippen molar-refractivity contribution in [2.24, 2.45) is 0 Å². The van der Waals surface area contributed by atoms with Gasteiger partial charge < -0.3 is 14.2 Å². The van der Waals surface area contributed by atoms with E-state index in [2.05, 4.69) is 16.9 Å². The number of amides is 1. The minimum absolute atomic E-state index is 0.0625. The van der Waals surface area contributed by atoms with Gasteiger partial charge >= 0.3 is 0 Å². The number of non-ortho nitro benzene ring substituents is 1. The van der Waals surface area contributed by atoms with Crippen molar-refractivity contribution in [3.8, 4) is 17.1 Å². The van der Waals surface area contributed by atoms with Crippen molar-refractivity contribution >= 4 is 11.6 Å². The molecule has 0 N–H and O–H groups in total. The molecule has 3 aromatic rings. The van der Waals surface area contributed by atoms with E-state index in [0.717, 1.165) is 19.6 Å². The maximum Gasteiger partial charge on any atom is 0.272 e. The summed E-state index contributed by atoms with van der Waals surface area (Å²) in [6.45, 7) is 5.95. The molecule has 0 radical (unpaired) electrons. The van der Waals surface area contributed by atoms with Crippen LogP contribution >= 0.6 is 0 Å². The van der Waals surface area contributed by atoms with Gasteiger partial charge in [0.25, 0.3) is 11.6 Å². The maximum absolute atomic E-state index is 13.3. The van der Waals surface area contributed by atoms with Crippen LogP contribution in [0.15, 0.2) is 53.1 Å². The number of hydrogen-bond acceptors (Lipinski definition) is 6. The quantitative estimate of drug-likeness (QED) is 0.487. The maximum atomic E-state index is 13.3. The Kier molecular flexibility index (Phi) is 5.13. The molecule has 9 nitrogen and oxygen atoms in total. The molecule has 0 atom stereocenters. The fourth-order valence-electron chi connectivity index (χ4n) is 3.44. The highest BCUT2D eigenvalue weighted by atomic mass is 16.6. The Hall–Kier alpha value is -3.46. The number of furan rings is 1. The largest absolute Gasteiger partial charge is 0.463 e. The number of nitro groups is 1. The lowest BCUT2D eigenvalue weighted by atomic mass is 10.2. The third-order valence-electron chi connectivity index (χ3n) is 5.09. The van der Waals surface area contributed by atoms with Crippen LogP contribution in [-0.4, -0.2) is 63.1 Å².